The first-order chi connectivity index (χ1) is 5.42. The lowest BCUT2D eigenvalue weighted by Gasteiger charge is -1.94. The summed E-state index contributed by atoms with van der Waals surface area (Å²) in [4.78, 5) is 4.03. The molecule has 2 aromatic rings. The first-order valence-corrected chi connectivity index (χ1v) is 3.37. The molecule has 0 aliphatic rings. The van der Waals surface area contributed by atoms with Crippen molar-refractivity contribution >= 4 is 11.0 Å². The second-order valence-corrected chi connectivity index (χ2v) is 2.32. The first kappa shape index (κ1) is 6.34. The topological polar surface area (TPSA) is 17.8 Å². The van der Waals surface area contributed by atoms with Gasteiger partial charge in [0.15, 0.2) is 6.80 Å². The molecule has 0 fully saturated rings. The van der Waals surface area contributed by atoms with Crippen LogP contribution >= 0.6 is 0 Å². The van der Waals surface area contributed by atoms with Crippen molar-refractivity contribution < 1.29 is 4.39 Å². The van der Waals surface area contributed by atoms with E-state index >= 15 is 0 Å². The third-order valence-corrected chi connectivity index (χ3v) is 1.65. The van der Waals surface area contributed by atoms with Gasteiger partial charge in [-0.3, -0.25) is 0 Å². The lowest BCUT2D eigenvalue weighted by atomic mass is 10.3. The highest BCUT2D eigenvalue weighted by atomic mass is 19.1. The fourth-order valence-corrected chi connectivity index (χ4v) is 1.12. The van der Waals surface area contributed by atoms with E-state index in [1.54, 1.807) is 12.4 Å². The number of aromatic nitrogens is 2. The van der Waals surface area contributed by atoms with E-state index in [2.05, 4.69) is 4.98 Å². The van der Waals surface area contributed by atoms with E-state index in [9.17, 15) is 4.39 Å². The quantitative estimate of drug-likeness (QED) is 0.607. The minimum absolute atomic E-state index is 0.513. The largest absolute Gasteiger partial charge is 0.304 e. The average Bonchev–Trinajstić information content (AvgIpc) is 2.47. The highest BCUT2D eigenvalue weighted by Gasteiger charge is 1.98. The van der Waals surface area contributed by atoms with Crippen molar-refractivity contribution in [2.45, 2.75) is 6.80 Å². The van der Waals surface area contributed by atoms with Crippen LogP contribution in [-0.4, -0.2) is 9.55 Å². The van der Waals surface area contributed by atoms with Crippen LogP contribution in [0.3, 0.4) is 0 Å². The van der Waals surface area contributed by atoms with Crippen molar-refractivity contribution in [2.24, 2.45) is 0 Å². The summed E-state index contributed by atoms with van der Waals surface area (Å²) < 4.78 is 13.7. The van der Waals surface area contributed by atoms with Gasteiger partial charge in [0.25, 0.3) is 0 Å². The van der Waals surface area contributed by atoms with E-state index in [0.29, 0.717) is 5.65 Å². The Balaban J connectivity index is 2.76. The molecule has 0 amide bonds. The number of hydrogen-bond acceptors (Lipinski definition) is 1. The minimum atomic E-state index is -0.513. The van der Waals surface area contributed by atoms with E-state index in [1.807, 2.05) is 18.2 Å². The summed E-state index contributed by atoms with van der Waals surface area (Å²) in [5.74, 6) is 0. The number of rotatable bonds is 1. The van der Waals surface area contributed by atoms with Gasteiger partial charge in [0.05, 0.1) is 0 Å². The van der Waals surface area contributed by atoms with Crippen molar-refractivity contribution in [3.8, 4) is 0 Å². The van der Waals surface area contributed by atoms with Crippen molar-refractivity contribution in [1.82, 2.24) is 9.55 Å². The minimum Gasteiger partial charge on any atom is -0.304 e. The lowest BCUT2D eigenvalue weighted by Crippen LogP contribution is -1.90. The molecular formula is C8H7FN2. The third kappa shape index (κ3) is 0.888. The summed E-state index contributed by atoms with van der Waals surface area (Å²) in [5.41, 5.74) is 0.704. The van der Waals surface area contributed by atoms with Gasteiger partial charge in [-0.05, 0) is 18.2 Å². The summed E-state index contributed by atoms with van der Waals surface area (Å²) in [6.07, 6.45) is 3.35. The molecule has 0 aliphatic carbocycles. The number of hydrogen-bond donors (Lipinski definition) is 0. The first-order valence-electron chi connectivity index (χ1n) is 3.37. The highest BCUT2D eigenvalue weighted by Crippen LogP contribution is 2.11. The van der Waals surface area contributed by atoms with Crippen LogP contribution in [0, 0.1) is 0 Å². The standard InChI is InChI=1S/C8H7FN2/c9-6-11-5-3-7-2-1-4-10-8(7)11/h1-5H,6H2. The zero-order valence-corrected chi connectivity index (χ0v) is 5.87. The van der Waals surface area contributed by atoms with E-state index in [4.69, 9.17) is 0 Å². The molecule has 0 spiro atoms. The monoisotopic (exact) mass is 150 g/mol. The Bertz CT molecular complexity index is 367. The van der Waals surface area contributed by atoms with E-state index in [-0.39, 0.29) is 0 Å². The number of halogens is 1. The molecule has 0 aliphatic heterocycles. The molecule has 2 aromatic heterocycles. The molecule has 2 heterocycles. The molecule has 0 bridgehead atoms. The molecule has 2 nitrogen and oxygen atoms in total. The normalized spacial score (nSPS) is 10.6. The summed E-state index contributed by atoms with van der Waals surface area (Å²) in [6.45, 7) is -0.513. The molecule has 2 rings (SSSR count). The molecule has 0 unspecified atom stereocenters. The van der Waals surface area contributed by atoms with Crippen LogP contribution in [0.15, 0.2) is 30.6 Å². The molecule has 0 N–H and O–H groups in total. The van der Waals surface area contributed by atoms with E-state index in [0.717, 1.165) is 5.39 Å². The van der Waals surface area contributed by atoms with Crippen LogP contribution in [0.25, 0.3) is 11.0 Å². The highest BCUT2D eigenvalue weighted by molar-refractivity contribution is 5.75. The van der Waals surface area contributed by atoms with Crippen molar-refractivity contribution in [1.29, 1.82) is 0 Å². The lowest BCUT2D eigenvalue weighted by molar-refractivity contribution is 0.384. The Kier molecular flexibility index (Phi) is 1.35. The predicted molar refractivity (Wildman–Crippen MR) is 40.8 cm³/mol. The second-order valence-electron chi connectivity index (χ2n) is 2.32. The SMILES string of the molecule is FCn1ccc2cccnc21. The Morgan fingerprint density at radius 2 is 2.36 bits per heavy atom. The van der Waals surface area contributed by atoms with Crippen LogP contribution in [0.4, 0.5) is 4.39 Å². The number of nitrogens with zero attached hydrogens (tertiary/aromatic N) is 2. The Morgan fingerprint density at radius 1 is 1.45 bits per heavy atom. The maximum absolute atomic E-state index is 12.2. The molecular weight excluding hydrogens is 143 g/mol. The van der Waals surface area contributed by atoms with Gasteiger partial charge in [0.1, 0.15) is 5.65 Å². The van der Waals surface area contributed by atoms with Crippen molar-refractivity contribution in [3.63, 3.8) is 0 Å². The van der Waals surface area contributed by atoms with Gasteiger partial charge < -0.3 is 4.57 Å². The van der Waals surface area contributed by atoms with Crippen LogP contribution in [0.2, 0.25) is 0 Å². The van der Waals surface area contributed by atoms with E-state index in [1.165, 1.54) is 4.57 Å². The summed E-state index contributed by atoms with van der Waals surface area (Å²) >= 11 is 0. The van der Waals surface area contributed by atoms with Gasteiger partial charge in [-0.1, -0.05) is 0 Å². The van der Waals surface area contributed by atoms with Gasteiger partial charge >= 0.3 is 0 Å². The Morgan fingerprint density at radius 3 is 3.18 bits per heavy atom. The molecule has 3 heteroatoms. The smallest absolute Gasteiger partial charge is 0.166 e. The molecule has 11 heavy (non-hydrogen) atoms. The maximum atomic E-state index is 12.2. The van der Waals surface area contributed by atoms with Crippen LogP contribution < -0.4 is 0 Å². The van der Waals surface area contributed by atoms with Gasteiger partial charge in [-0.2, -0.15) is 0 Å². The molecule has 0 saturated heterocycles. The van der Waals surface area contributed by atoms with Crippen molar-refractivity contribution in [2.75, 3.05) is 0 Å². The fraction of sp³-hybridized carbons (Fsp3) is 0.125. The summed E-state index contributed by atoms with van der Waals surface area (Å²) in [5, 5.41) is 0.977. The van der Waals surface area contributed by atoms with Gasteiger partial charge in [0, 0.05) is 17.8 Å². The van der Waals surface area contributed by atoms with E-state index < -0.39 is 6.80 Å². The third-order valence-electron chi connectivity index (χ3n) is 1.65. The number of pyridine rings is 1. The molecule has 0 atom stereocenters. The number of alkyl halides is 1. The zero-order valence-electron chi connectivity index (χ0n) is 5.87. The predicted octanol–water partition coefficient (Wildman–Crippen LogP) is 1.96. The van der Waals surface area contributed by atoms with Gasteiger partial charge in [-0.25, -0.2) is 9.37 Å². The zero-order chi connectivity index (χ0) is 7.68. The Hall–Kier alpha value is -1.38. The van der Waals surface area contributed by atoms with Crippen LogP contribution in [0.1, 0.15) is 0 Å². The molecule has 0 radical (unpaired) electrons. The van der Waals surface area contributed by atoms with Crippen molar-refractivity contribution in [3.05, 3.63) is 30.6 Å². The summed E-state index contributed by atoms with van der Waals surface area (Å²) in [7, 11) is 0. The summed E-state index contributed by atoms with van der Waals surface area (Å²) in [6, 6.07) is 5.60. The van der Waals surface area contributed by atoms with Crippen LogP contribution in [-0.2, 0) is 6.80 Å². The average molecular weight is 150 g/mol. The maximum Gasteiger partial charge on any atom is 0.166 e. The molecule has 0 saturated carbocycles. The van der Waals surface area contributed by atoms with Gasteiger partial charge in [0.2, 0.25) is 0 Å². The molecule has 56 valence electrons. The fourth-order valence-electron chi connectivity index (χ4n) is 1.12. The number of fused-ring (bicyclic) bond motifs is 1. The second kappa shape index (κ2) is 2.34. The van der Waals surface area contributed by atoms with Gasteiger partial charge in [-0.15, -0.1) is 0 Å². The molecule has 0 aromatic carbocycles. The van der Waals surface area contributed by atoms with Crippen LogP contribution in [0.5, 0.6) is 0 Å². The Labute approximate surface area is 63.3 Å².